The Morgan fingerprint density at radius 1 is 1.35 bits per heavy atom. The van der Waals surface area contributed by atoms with E-state index in [2.05, 4.69) is 56.6 Å². The van der Waals surface area contributed by atoms with E-state index in [1.807, 2.05) is 0 Å². The van der Waals surface area contributed by atoms with Crippen molar-refractivity contribution < 1.29 is 0 Å². The van der Waals surface area contributed by atoms with E-state index in [1.54, 1.807) is 11.8 Å². The highest BCUT2D eigenvalue weighted by molar-refractivity contribution is 7.98. The zero-order valence-electron chi connectivity index (χ0n) is 11.3. The predicted molar refractivity (Wildman–Crippen MR) is 76.5 cm³/mol. The average Bonchev–Trinajstić information content (AvgIpc) is 2.94. The Morgan fingerprint density at radius 2 is 1.94 bits per heavy atom. The fourth-order valence-corrected chi connectivity index (χ4v) is 2.66. The summed E-state index contributed by atoms with van der Waals surface area (Å²) in [7, 11) is 0. The van der Waals surface area contributed by atoms with Crippen LogP contribution >= 0.6 is 11.8 Å². The Kier molecular flexibility index (Phi) is 3.84. The summed E-state index contributed by atoms with van der Waals surface area (Å²) in [5.41, 5.74) is 1.97. The van der Waals surface area contributed by atoms with E-state index in [0.717, 1.165) is 12.5 Å². The van der Waals surface area contributed by atoms with Crippen molar-refractivity contribution in [2.75, 3.05) is 12.8 Å². The summed E-state index contributed by atoms with van der Waals surface area (Å²) in [5, 5.41) is 3.65. The van der Waals surface area contributed by atoms with Gasteiger partial charge in [0.05, 0.1) is 0 Å². The van der Waals surface area contributed by atoms with Gasteiger partial charge in [-0.2, -0.15) is 0 Å². The molecule has 0 radical (unpaired) electrons. The second kappa shape index (κ2) is 5.03. The normalized spacial score (nSPS) is 23.4. The standard InChI is InChI=1S/C15H23NS/c1-11(16-10-13-9-15(13,2)3)12-5-7-14(17-4)8-6-12/h5-8,11,13,16H,9-10H2,1-4H3. The molecule has 2 rings (SSSR count). The van der Waals surface area contributed by atoms with Crippen molar-refractivity contribution in [3.05, 3.63) is 29.8 Å². The van der Waals surface area contributed by atoms with Gasteiger partial charge in [0.1, 0.15) is 0 Å². The molecule has 0 amide bonds. The Morgan fingerprint density at radius 3 is 2.41 bits per heavy atom. The lowest BCUT2D eigenvalue weighted by molar-refractivity contribution is 0.485. The van der Waals surface area contributed by atoms with Gasteiger partial charge in [-0.25, -0.2) is 0 Å². The van der Waals surface area contributed by atoms with E-state index in [-0.39, 0.29) is 0 Å². The lowest BCUT2D eigenvalue weighted by Gasteiger charge is -2.15. The van der Waals surface area contributed by atoms with E-state index in [0.29, 0.717) is 11.5 Å². The van der Waals surface area contributed by atoms with Crippen molar-refractivity contribution in [1.29, 1.82) is 0 Å². The van der Waals surface area contributed by atoms with E-state index < -0.39 is 0 Å². The Hall–Kier alpha value is -0.470. The summed E-state index contributed by atoms with van der Waals surface area (Å²) in [6.45, 7) is 8.12. The molecule has 94 valence electrons. The number of hydrogen-bond donors (Lipinski definition) is 1. The monoisotopic (exact) mass is 249 g/mol. The van der Waals surface area contributed by atoms with Crippen LogP contribution in [0.5, 0.6) is 0 Å². The first kappa shape index (κ1) is 13.0. The molecule has 2 atom stereocenters. The van der Waals surface area contributed by atoms with Crippen LogP contribution in [-0.2, 0) is 0 Å². The third kappa shape index (κ3) is 3.26. The van der Waals surface area contributed by atoms with Gasteiger partial charge in [-0.1, -0.05) is 26.0 Å². The van der Waals surface area contributed by atoms with Crippen molar-refractivity contribution in [1.82, 2.24) is 5.32 Å². The fraction of sp³-hybridized carbons (Fsp3) is 0.600. The molecule has 0 saturated heterocycles. The minimum Gasteiger partial charge on any atom is -0.310 e. The zero-order chi connectivity index (χ0) is 12.5. The summed E-state index contributed by atoms with van der Waals surface area (Å²) in [6.07, 6.45) is 3.49. The molecular weight excluding hydrogens is 226 g/mol. The first-order valence-electron chi connectivity index (χ1n) is 6.40. The van der Waals surface area contributed by atoms with E-state index >= 15 is 0 Å². The molecule has 1 fully saturated rings. The molecule has 0 bridgehead atoms. The van der Waals surface area contributed by atoms with Gasteiger partial charge in [-0.05, 0) is 55.2 Å². The lowest BCUT2D eigenvalue weighted by atomic mass is 10.1. The van der Waals surface area contributed by atoms with Crippen LogP contribution in [0, 0.1) is 11.3 Å². The van der Waals surface area contributed by atoms with E-state index in [9.17, 15) is 0 Å². The topological polar surface area (TPSA) is 12.0 Å². The lowest BCUT2D eigenvalue weighted by Crippen LogP contribution is -2.22. The minimum atomic E-state index is 0.460. The molecule has 17 heavy (non-hydrogen) atoms. The maximum atomic E-state index is 3.65. The summed E-state index contributed by atoms with van der Waals surface area (Å²) >= 11 is 1.80. The predicted octanol–water partition coefficient (Wildman–Crippen LogP) is 4.11. The van der Waals surface area contributed by atoms with Gasteiger partial charge in [0.15, 0.2) is 0 Å². The van der Waals surface area contributed by atoms with Crippen molar-refractivity contribution in [2.45, 2.75) is 38.1 Å². The second-order valence-corrected chi connectivity index (χ2v) is 6.67. The Labute approximate surface area is 109 Å². The van der Waals surface area contributed by atoms with Crippen LogP contribution < -0.4 is 5.32 Å². The first-order valence-corrected chi connectivity index (χ1v) is 7.63. The molecule has 2 unspecified atom stereocenters. The number of nitrogens with one attached hydrogen (secondary N) is 1. The highest BCUT2D eigenvalue weighted by Gasteiger charge is 2.44. The van der Waals surface area contributed by atoms with Crippen LogP contribution in [0.3, 0.4) is 0 Å². The van der Waals surface area contributed by atoms with Gasteiger partial charge in [0.2, 0.25) is 0 Å². The quantitative estimate of drug-likeness (QED) is 0.788. The zero-order valence-corrected chi connectivity index (χ0v) is 12.1. The highest BCUT2D eigenvalue weighted by atomic mass is 32.2. The van der Waals surface area contributed by atoms with Crippen LogP contribution in [0.4, 0.5) is 0 Å². The van der Waals surface area contributed by atoms with Crippen LogP contribution in [0.1, 0.15) is 38.8 Å². The molecule has 1 aliphatic carbocycles. The third-order valence-corrected chi connectivity index (χ3v) is 4.75. The van der Waals surface area contributed by atoms with Gasteiger partial charge < -0.3 is 5.32 Å². The van der Waals surface area contributed by atoms with Gasteiger partial charge in [0.25, 0.3) is 0 Å². The van der Waals surface area contributed by atoms with Gasteiger partial charge in [0, 0.05) is 10.9 Å². The molecule has 0 spiro atoms. The van der Waals surface area contributed by atoms with Crippen molar-refractivity contribution >= 4 is 11.8 Å². The second-order valence-electron chi connectivity index (χ2n) is 5.79. The smallest absolute Gasteiger partial charge is 0.0291 e. The molecule has 0 aliphatic heterocycles. The SMILES string of the molecule is CSc1ccc(C(C)NCC2CC2(C)C)cc1. The number of benzene rings is 1. The summed E-state index contributed by atoms with van der Waals surface area (Å²) in [4.78, 5) is 1.34. The van der Waals surface area contributed by atoms with Crippen molar-refractivity contribution in [2.24, 2.45) is 11.3 Å². The largest absolute Gasteiger partial charge is 0.310 e. The third-order valence-electron chi connectivity index (χ3n) is 4.00. The van der Waals surface area contributed by atoms with Gasteiger partial charge in [-0.3, -0.25) is 0 Å². The summed E-state index contributed by atoms with van der Waals surface area (Å²) in [5.74, 6) is 0.871. The molecule has 1 aliphatic rings. The van der Waals surface area contributed by atoms with Crippen LogP contribution in [0.2, 0.25) is 0 Å². The molecule has 1 N–H and O–H groups in total. The number of hydrogen-bond acceptors (Lipinski definition) is 2. The molecule has 1 nitrogen and oxygen atoms in total. The van der Waals surface area contributed by atoms with Crippen LogP contribution in [0.25, 0.3) is 0 Å². The van der Waals surface area contributed by atoms with Gasteiger partial charge >= 0.3 is 0 Å². The van der Waals surface area contributed by atoms with Crippen molar-refractivity contribution in [3.8, 4) is 0 Å². The number of thioether (sulfide) groups is 1. The van der Waals surface area contributed by atoms with E-state index in [4.69, 9.17) is 0 Å². The summed E-state index contributed by atoms with van der Waals surface area (Å²) < 4.78 is 0. The Bertz CT molecular complexity index is 369. The molecule has 0 heterocycles. The van der Waals surface area contributed by atoms with Gasteiger partial charge in [-0.15, -0.1) is 11.8 Å². The van der Waals surface area contributed by atoms with Crippen LogP contribution in [-0.4, -0.2) is 12.8 Å². The minimum absolute atomic E-state index is 0.460. The Balaban J connectivity index is 1.84. The first-order chi connectivity index (χ1) is 8.03. The maximum absolute atomic E-state index is 3.65. The molecule has 1 aromatic carbocycles. The fourth-order valence-electron chi connectivity index (χ4n) is 2.25. The number of rotatable bonds is 5. The molecular formula is C15H23NS. The molecule has 1 saturated carbocycles. The maximum Gasteiger partial charge on any atom is 0.0291 e. The molecule has 2 heteroatoms. The molecule has 0 aromatic heterocycles. The van der Waals surface area contributed by atoms with E-state index in [1.165, 1.54) is 16.9 Å². The average molecular weight is 249 g/mol. The summed E-state index contributed by atoms with van der Waals surface area (Å²) in [6, 6.07) is 9.35. The van der Waals surface area contributed by atoms with Crippen LogP contribution in [0.15, 0.2) is 29.2 Å². The highest BCUT2D eigenvalue weighted by Crippen LogP contribution is 2.51. The molecule has 1 aromatic rings. The van der Waals surface area contributed by atoms with Crippen molar-refractivity contribution in [3.63, 3.8) is 0 Å².